The van der Waals surface area contributed by atoms with Crippen LogP contribution >= 0.6 is 11.6 Å². The molecule has 0 spiro atoms. The van der Waals surface area contributed by atoms with Crippen LogP contribution in [0.3, 0.4) is 0 Å². The van der Waals surface area contributed by atoms with Gasteiger partial charge in [-0.05, 0) is 50.4 Å². The molecule has 0 radical (unpaired) electrons. The van der Waals surface area contributed by atoms with Gasteiger partial charge >= 0.3 is 5.69 Å². The number of amides is 1. The zero-order chi connectivity index (χ0) is 25.6. The van der Waals surface area contributed by atoms with E-state index < -0.39 is 16.8 Å². The molecular formula is C25H32ClN7O3. The number of carbonyl (C=O) groups excluding carboxylic acids is 1. The van der Waals surface area contributed by atoms with Crippen LogP contribution in [0, 0.1) is 0 Å². The van der Waals surface area contributed by atoms with E-state index >= 15 is 0 Å². The van der Waals surface area contributed by atoms with Gasteiger partial charge in [-0.25, -0.2) is 4.79 Å². The lowest BCUT2D eigenvalue weighted by Crippen LogP contribution is -2.63. The lowest BCUT2D eigenvalue weighted by Gasteiger charge is -2.48. The normalized spacial score (nSPS) is 18.6. The third kappa shape index (κ3) is 3.92. The third-order valence-corrected chi connectivity index (χ3v) is 8.28. The van der Waals surface area contributed by atoms with Gasteiger partial charge in [0.2, 0.25) is 11.9 Å². The van der Waals surface area contributed by atoms with Crippen molar-refractivity contribution >= 4 is 34.6 Å². The Morgan fingerprint density at radius 3 is 2.33 bits per heavy atom. The van der Waals surface area contributed by atoms with E-state index in [1.165, 1.54) is 18.0 Å². The molecule has 192 valence electrons. The Kier molecular flexibility index (Phi) is 6.42. The maximum atomic E-state index is 13.3. The van der Waals surface area contributed by atoms with E-state index in [-0.39, 0.29) is 5.91 Å². The van der Waals surface area contributed by atoms with E-state index in [0.717, 1.165) is 36.1 Å². The first kappa shape index (κ1) is 24.6. The Balaban J connectivity index is 1.58. The van der Waals surface area contributed by atoms with Gasteiger partial charge < -0.3 is 10.6 Å². The van der Waals surface area contributed by atoms with Gasteiger partial charge in [0.15, 0.2) is 11.2 Å². The molecule has 10 nitrogen and oxygen atoms in total. The zero-order valence-electron chi connectivity index (χ0n) is 20.7. The summed E-state index contributed by atoms with van der Waals surface area (Å²) in [5.41, 5.74) is 5.99. The standard InChI is InChI=1S/C25H32ClN7O3/c1-29-20-19(21(34)30(2)24(29)36)33(16-17-8-4-5-9-18(17)26)23(28-20)31-14-10-25(11-15-31,22(27)35)32-12-6-3-7-13-32/h4-5,8-9H,3,6-7,10-16H2,1-2H3,(H2,27,35). The predicted molar refractivity (Wildman–Crippen MR) is 140 cm³/mol. The molecule has 3 aromatic rings. The van der Waals surface area contributed by atoms with Crippen LogP contribution < -0.4 is 21.9 Å². The molecule has 0 aliphatic carbocycles. The first-order valence-corrected chi connectivity index (χ1v) is 12.8. The van der Waals surface area contributed by atoms with E-state index in [4.69, 9.17) is 22.3 Å². The molecule has 5 rings (SSSR count). The summed E-state index contributed by atoms with van der Waals surface area (Å²) in [5.74, 6) is 0.310. The zero-order valence-corrected chi connectivity index (χ0v) is 21.5. The monoisotopic (exact) mass is 513 g/mol. The van der Waals surface area contributed by atoms with Crippen molar-refractivity contribution in [1.29, 1.82) is 0 Å². The molecule has 11 heteroatoms. The number of rotatable bonds is 5. The van der Waals surface area contributed by atoms with Gasteiger partial charge in [-0.1, -0.05) is 36.2 Å². The molecular weight excluding hydrogens is 482 g/mol. The first-order chi connectivity index (χ1) is 17.2. The molecule has 0 bridgehead atoms. The van der Waals surface area contributed by atoms with Crippen molar-refractivity contribution in [3.8, 4) is 0 Å². The predicted octanol–water partition coefficient (Wildman–Crippen LogP) is 1.45. The number of benzene rings is 1. The highest BCUT2D eigenvalue weighted by Gasteiger charge is 2.45. The van der Waals surface area contributed by atoms with Gasteiger partial charge in [-0.3, -0.25) is 28.2 Å². The molecule has 36 heavy (non-hydrogen) atoms. The van der Waals surface area contributed by atoms with E-state index in [1.807, 2.05) is 28.8 Å². The second-order valence-corrected chi connectivity index (χ2v) is 10.3. The molecule has 1 amide bonds. The van der Waals surface area contributed by atoms with E-state index in [1.54, 1.807) is 7.05 Å². The van der Waals surface area contributed by atoms with Crippen LogP contribution in [0.5, 0.6) is 0 Å². The smallest absolute Gasteiger partial charge is 0.332 e. The van der Waals surface area contributed by atoms with Crippen LogP contribution in [0.25, 0.3) is 11.2 Å². The number of nitrogens with zero attached hydrogens (tertiary/aromatic N) is 6. The third-order valence-electron chi connectivity index (χ3n) is 7.91. The van der Waals surface area contributed by atoms with Gasteiger partial charge in [-0.15, -0.1) is 0 Å². The van der Waals surface area contributed by atoms with Crippen LogP contribution in [-0.4, -0.2) is 61.2 Å². The van der Waals surface area contributed by atoms with Crippen LogP contribution in [0.2, 0.25) is 5.02 Å². The average Bonchev–Trinajstić information content (AvgIpc) is 3.27. The summed E-state index contributed by atoms with van der Waals surface area (Å²) in [4.78, 5) is 47.8. The minimum absolute atomic E-state index is 0.273. The number of aryl methyl sites for hydroxylation is 1. The van der Waals surface area contributed by atoms with Crippen molar-refractivity contribution in [2.24, 2.45) is 19.8 Å². The van der Waals surface area contributed by atoms with Crippen molar-refractivity contribution in [1.82, 2.24) is 23.6 Å². The molecule has 2 aliphatic rings. The average molecular weight is 514 g/mol. The Bertz CT molecular complexity index is 1430. The summed E-state index contributed by atoms with van der Waals surface area (Å²) < 4.78 is 4.34. The number of hydrogen-bond donors (Lipinski definition) is 1. The highest BCUT2D eigenvalue weighted by Crippen LogP contribution is 2.34. The highest BCUT2D eigenvalue weighted by molar-refractivity contribution is 6.31. The van der Waals surface area contributed by atoms with Gasteiger partial charge in [0.05, 0.1) is 6.54 Å². The number of fused-ring (bicyclic) bond motifs is 1. The molecule has 1 aromatic carbocycles. The quantitative estimate of drug-likeness (QED) is 0.552. The van der Waals surface area contributed by atoms with Crippen LogP contribution in [0.1, 0.15) is 37.7 Å². The lowest BCUT2D eigenvalue weighted by molar-refractivity contribution is -0.132. The van der Waals surface area contributed by atoms with Crippen molar-refractivity contribution in [2.75, 3.05) is 31.1 Å². The molecule has 2 N–H and O–H groups in total. The van der Waals surface area contributed by atoms with E-state index in [9.17, 15) is 14.4 Å². The topological polar surface area (TPSA) is 111 Å². The van der Waals surface area contributed by atoms with Crippen LogP contribution in [0.4, 0.5) is 5.95 Å². The fourth-order valence-corrected chi connectivity index (χ4v) is 5.94. The number of carbonyl (C=O) groups is 1. The number of aromatic nitrogens is 4. The van der Waals surface area contributed by atoms with E-state index in [2.05, 4.69) is 9.80 Å². The van der Waals surface area contributed by atoms with E-state index in [0.29, 0.717) is 54.6 Å². The molecule has 0 unspecified atom stereocenters. The Morgan fingerprint density at radius 2 is 1.69 bits per heavy atom. The largest absolute Gasteiger partial charge is 0.368 e. The lowest BCUT2D eigenvalue weighted by atomic mass is 9.83. The summed E-state index contributed by atoms with van der Waals surface area (Å²) in [5, 5.41) is 0.587. The molecule has 0 saturated carbocycles. The number of anilines is 1. The SMILES string of the molecule is Cn1c(=O)c2c(nc(N3CCC(C(N)=O)(N4CCCCC4)CC3)n2Cc2ccccc2Cl)n(C)c1=O. The fraction of sp³-hybridized carbons (Fsp3) is 0.520. The number of piperidine rings is 2. The first-order valence-electron chi connectivity index (χ1n) is 12.4. The molecule has 2 aliphatic heterocycles. The molecule has 0 atom stereocenters. The van der Waals surface area contributed by atoms with Crippen molar-refractivity contribution < 1.29 is 4.79 Å². The number of imidazole rings is 1. The minimum Gasteiger partial charge on any atom is -0.368 e. The summed E-state index contributed by atoms with van der Waals surface area (Å²) in [6.07, 6.45) is 4.48. The molecule has 2 saturated heterocycles. The van der Waals surface area contributed by atoms with Crippen molar-refractivity contribution in [3.05, 3.63) is 55.7 Å². The second kappa shape index (κ2) is 9.40. The summed E-state index contributed by atoms with van der Waals surface area (Å²) in [6.45, 7) is 3.19. The number of likely N-dealkylation sites (tertiary alicyclic amines) is 1. The highest BCUT2D eigenvalue weighted by atomic mass is 35.5. The second-order valence-electron chi connectivity index (χ2n) is 9.90. The summed E-state index contributed by atoms with van der Waals surface area (Å²) in [6, 6.07) is 7.48. The number of halogens is 1. The van der Waals surface area contributed by atoms with Crippen molar-refractivity contribution in [3.63, 3.8) is 0 Å². The van der Waals surface area contributed by atoms with Gasteiger partial charge in [-0.2, -0.15) is 4.98 Å². The molecule has 2 aromatic heterocycles. The van der Waals surface area contributed by atoms with Crippen LogP contribution in [0.15, 0.2) is 33.9 Å². The Morgan fingerprint density at radius 1 is 1.03 bits per heavy atom. The van der Waals surface area contributed by atoms with Gasteiger partial charge in [0, 0.05) is 32.2 Å². The Hall–Kier alpha value is -3.11. The van der Waals surface area contributed by atoms with Gasteiger partial charge in [0.1, 0.15) is 5.54 Å². The number of primary amides is 1. The van der Waals surface area contributed by atoms with Crippen LogP contribution in [-0.2, 0) is 25.4 Å². The number of nitrogens with two attached hydrogens (primary N) is 1. The maximum absolute atomic E-state index is 13.3. The fourth-order valence-electron chi connectivity index (χ4n) is 5.74. The maximum Gasteiger partial charge on any atom is 0.332 e. The number of hydrogen-bond acceptors (Lipinski definition) is 6. The minimum atomic E-state index is -0.667. The van der Waals surface area contributed by atoms with Crippen molar-refractivity contribution in [2.45, 2.75) is 44.2 Å². The summed E-state index contributed by atoms with van der Waals surface area (Å²) in [7, 11) is 3.09. The Labute approximate surface area is 213 Å². The van der Waals surface area contributed by atoms with Gasteiger partial charge in [0.25, 0.3) is 5.56 Å². The summed E-state index contributed by atoms with van der Waals surface area (Å²) >= 11 is 6.47. The molecule has 4 heterocycles. The molecule has 2 fully saturated rings.